The minimum Gasteiger partial charge on any atom is -0.351 e. The molecule has 0 aliphatic carbocycles. The molecular weight excluding hydrogens is 128 g/mol. The second-order valence-corrected chi connectivity index (χ2v) is 2.53. The van der Waals surface area contributed by atoms with Crippen molar-refractivity contribution in [3.63, 3.8) is 0 Å². The molecule has 0 aromatic rings. The Bertz CT molecular complexity index is 76.9. The van der Waals surface area contributed by atoms with Crippen LogP contribution in [0.25, 0.3) is 0 Å². The molecule has 1 aliphatic rings. The second kappa shape index (κ2) is 6.55. The third-order valence-corrected chi connectivity index (χ3v) is 1.17. The molecule has 1 heterocycles. The molecule has 3 heteroatoms. The zero-order chi connectivity index (χ0) is 7.82. The van der Waals surface area contributed by atoms with E-state index in [9.17, 15) is 4.79 Å². The monoisotopic (exact) mass is 146 g/mol. The summed E-state index contributed by atoms with van der Waals surface area (Å²) in [6, 6.07) is 0. The summed E-state index contributed by atoms with van der Waals surface area (Å²) in [4.78, 5) is 10.9. The standard InChI is InChI=1S/C4H9N.C3H7NO.H2/c1-2-4-5-3-1;1-4(2)3-5;/h5H,1-4H2;3H,1-2H3;1H. The van der Waals surface area contributed by atoms with Crippen molar-refractivity contribution in [2.45, 2.75) is 12.8 Å². The quantitative estimate of drug-likeness (QED) is 0.540. The molecule has 0 aromatic carbocycles. The first-order valence-electron chi connectivity index (χ1n) is 3.60. The van der Waals surface area contributed by atoms with Crippen molar-refractivity contribution < 1.29 is 6.22 Å². The number of nitrogens with zero attached hydrogens (tertiary/aromatic N) is 1. The van der Waals surface area contributed by atoms with Gasteiger partial charge in [0.2, 0.25) is 6.41 Å². The molecular formula is C7H18N2O. The molecule has 0 atom stereocenters. The summed E-state index contributed by atoms with van der Waals surface area (Å²) < 4.78 is 0. The molecule has 1 N–H and O–H groups in total. The van der Waals surface area contributed by atoms with Gasteiger partial charge in [0.15, 0.2) is 0 Å². The molecule has 0 unspecified atom stereocenters. The van der Waals surface area contributed by atoms with Gasteiger partial charge in [-0.15, -0.1) is 0 Å². The molecule has 0 bridgehead atoms. The molecule has 62 valence electrons. The fourth-order valence-corrected chi connectivity index (χ4v) is 0.625. The van der Waals surface area contributed by atoms with E-state index in [0.717, 1.165) is 6.41 Å². The summed E-state index contributed by atoms with van der Waals surface area (Å²) in [5.41, 5.74) is 0. The van der Waals surface area contributed by atoms with Crippen LogP contribution in [0.3, 0.4) is 0 Å². The van der Waals surface area contributed by atoms with Crippen molar-refractivity contribution >= 4 is 6.41 Å². The zero-order valence-corrected chi connectivity index (χ0v) is 6.76. The Balaban J connectivity index is 0. The number of amides is 1. The number of carbonyl (C=O) groups excluding carboxylic acids is 1. The average molecular weight is 146 g/mol. The van der Waals surface area contributed by atoms with Crippen LogP contribution in [-0.2, 0) is 4.79 Å². The van der Waals surface area contributed by atoms with Crippen molar-refractivity contribution in [3.05, 3.63) is 0 Å². The van der Waals surface area contributed by atoms with Crippen LogP contribution in [0.1, 0.15) is 14.3 Å². The van der Waals surface area contributed by atoms with Crippen molar-refractivity contribution in [2.24, 2.45) is 0 Å². The first kappa shape index (κ1) is 9.43. The Hall–Kier alpha value is -0.570. The minimum absolute atomic E-state index is 0. The fraction of sp³-hybridized carbons (Fsp3) is 0.857. The van der Waals surface area contributed by atoms with Gasteiger partial charge in [-0.2, -0.15) is 0 Å². The highest BCUT2D eigenvalue weighted by atomic mass is 16.1. The van der Waals surface area contributed by atoms with Crippen LogP contribution in [0.15, 0.2) is 0 Å². The van der Waals surface area contributed by atoms with Crippen molar-refractivity contribution in [1.29, 1.82) is 0 Å². The van der Waals surface area contributed by atoms with Crippen LogP contribution in [-0.4, -0.2) is 38.5 Å². The summed E-state index contributed by atoms with van der Waals surface area (Å²) in [6.45, 7) is 2.50. The maximum atomic E-state index is 9.43. The van der Waals surface area contributed by atoms with Crippen molar-refractivity contribution in [3.8, 4) is 0 Å². The topological polar surface area (TPSA) is 32.3 Å². The lowest BCUT2D eigenvalue weighted by Gasteiger charge is -1.93. The lowest BCUT2D eigenvalue weighted by atomic mass is 10.4. The summed E-state index contributed by atoms with van der Waals surface area (Å²) in [6.07, 6.45) is 3.53. The molecule has 1 aliphatic heterocycles. The van der Waals surface area contributed by atoms with E-state index in [1.54, 1.807) is 14.1 Å². The molecule has 0 spiro atoms. The minimum atomic E-state index is 0. The third-order valence-electron chi connectivity index (χ3n) is 1.17. The van der Waals surface area contributed by atoms with E-state index in [1.165, 1.54) is 30.8 Å². The molecule has 3 nitrogen and oxygen atoms in total. The predicted molar refractivity (Wildman–Crippen MR) is 44.0 cm³/mol. The van der Waals surface area contributed by atoms with Crippen molar-refractivity contribution in [2.75, 3.05) is 27.2 Å². The number of rotatable bonds is 1. The van der Waals surface area contributed by atoms with Crippen LogP contribution >= 0.6 is 0 Å². The highest BCUT2D eigenvalue weighted by Gasteiger charge is 1.93. The Morgan fingerprint density at radius 3 is 1.90 bits per heavy atom. The van der Waals surface area contributed by atoms with Gasteiger partial charge < -0.3 is 10.2 Å². The van der Waals surface area contributed by atoms with Gasteiger partial charge in [0.25, 0.3) is 0 Å². The Morgan fingerprint density at radius 1 is 1.40 bits per heavy atom. The first-order chi connectivity index (χ1) is 4.77. The molecule has 10 heavy (non-hydrogen) atoms. The van der Waals surface area contributed by atoms with Gasteiger partial charge in [-0.3, -0.25) is 4.79 Å². The molecule has 1 saturated heterocycles. The van der Waals surface area contributed by atoms with Crippen LogP contribution in [0.4, 0.5) is 0 Å². The number of nitrogens with one attached hydrogen (secondary N) is 1. The van der Waals surface area contributed by atoms with E-state index in [2.05, 4.69) is 5.32 Å². The van der Waals surface area contributed by atoms with E-state index in [-0.39, 0.29) is 1.43 Å². The molecule has 0 radical (unpaired) electrons. The SMILES string of the molecule is C1CCNC1.CN(C)C=O.[HH]. The van der Waals surface area contributed by atoms with Gasteiger partial charge in [-0.25, -0.2) is 0 Å². The van der Waals surface area contributed by atoms with Gasteiger partial charge in [0, 0.05) is 15.5 Å². The summed E-state index contributed by atoms with van der Waals surface area (Å²) in [5.74, 6) is 0. The lowest BCUT2D eigenvalue weighted by molar-refractivity contribution is -0.115. The van der Waals surface area contributed by atoms with E-state index < -0.39 is 0 Å². The maximum Gasteiger partial charge on any atom is 0.209 e. The first-order valence-corrected chi connectivity index (χ1v) is 3.60. The Morgan fingerprint density at radius 2 is 1.80 bits per heavy atom. The molecule has 0 aromatic heterocycles. The van der Waals surface area contributed by atoms with Crippen LogP contribution in [0.5, 0.6) is 0 Å². The second-order valence-electron chi connectivity index (χ2n) is 2.53. The number of hydrogen-bond acceptors (Lipinski definition) is 2. The van der Waals surface area contributed by atoms with Gasteiger partial charge in [-0.05, 0) is 25.9 Å². The molecule has 1 amide bonds. The van der Waals surface area contributed by atoms with E-state index >= 15 is 0 Å². The Kier molecular flexibility index (Phi) is 6.18. The lowest BCUT2D eigenvalue weighted by Crippen LogP contribution is -2.06. The largest absolute Gasteiger partial charge is 0.351 e. The van der Waals surface area contributed by atoms with Crippen LogP contribution < -0.4 is 5.32 Å². The Labute approximate surface area is 63.9 Å². The average Bonchev–Trinajstić information content (AvgIpc) is 2.43. The third kappa shape index (κ3) is 7.43. The van der Waals surface area contributed by atoms with E-state index in [4.69, 9.17) is 0 Å². The number of hydrogen-bond donors (Lipinski definition) is 1. The van der Waals surface area contributed by atoms with Gasteiger partial charge in [-0.1, -0.05) is 0 Å². The van der Waals surface area contributed by atoms with E-state index in [1.807, 2.05) is 0 Å². The highest BCUT2D eigenvalue weighted by molar-refractivity contribution is 5.45. The number of carbonyl (C=O) groups is 1. The van der Waals surface area contributed by atoms with Gasteiger partial charge in [0.05, 0.1) is 0 Å². The van der Waals surface area contributed by atoms with Gasteiger partial charge in [0.1, 0.15) is 0 Å². The smallest absolute Gasteiger partial charge is 0.209 e. The summed E-state index contributed by atoms with van der Waals surface area (Å²) in [5, 5.41) is 3.22. The molecule has 1 fully saturated rings. The predicted octanol–water partition coefficient (Wildman–Crippen LogP) is 0.320. The normalized spacial score (nSPS) is 15.4. The summed E-state index contributed by atoms with van der Waals surface area (Å²) >= 11 is 0. The molecule has 0 saturated carbocycles. The van der Waals surface area contributed by atoms with E-state index in [0.29, 0.717) is 0 Å². The summed E-state index contributed by atoms with van der Waals surface area (Å²) in [7, 11) is 3.38. The molecule has 1 rings (SSSR count). The zero-order valence-electron chi connectivity index (χ0n) is 6.76. The fourth-order valence-electron chi connectivity index (χ4n) is 0.625. The van der Waals surface area contributed by atoms with Crippen LogP contribution in [0, 0.1) is 0 Å². The van der Waals surface area contributed by atoms with Crippen molar-refractivity contribution in [1.82, 2.24) is 10.2 Å². The highest BCUT2D eigenvalue weighted by Crippen LogP contribution is 1.90. The van der Waals surface area contributed by atoms with Crippen LogP contribution in [0.2, 0.25) is 0 Å². The van der Waals surface area contributed by atoms with Gasteiger partial charge >= 0.3 is 0 Å². The maximum absolute atomic E-state index is 9.43.